The van der Waals surface area contributed by atoms with Crippen molar-refractivity contribution in [3.63, 3.8) is 0 Å². The fraction of sp³-hybridized carbons (Fsp3) is 0.120. The maximum atomic E-state index is 13.0. The minimum absolute atomic E-state index is 0.168. The first kappa shape index (κ1) is 19.5. The van der Waals surface area contributed by atoms with E-state index in [2.05, 4.69) is 10.4 Å². The molecule has 1 N–H and O–H groups in total. The van der Waals surface area contributed by atoms with Gasteiger partial charge in [0.25, 0.3) is 5.91 Å². The molecule has 0 saturated carbocycles. The van der Waals surface area contributed by atoms with E-state index in [0.29, 0.717) is 12.1 Å². The van der Waals surface area contributed by atoms with E-state index in [0.717, 1.165) is 22.4 Å². The molecule has 0 fully saturated rings. The lowest BCUT2D eigenvalue weighted by Gasteiger charge is -2.20. The summed E-state index contributed by atoms with van der Waals surface area (Å²) in [5.74, 6) is 0.609. The molecule has 0 aliphatic rings. The first-order valence-corrected chi connectivity index (χ1v) is 9.79. The molecule has 1 aromatic heterocycles. The number of methoxy groups -OCH3 is 1. The van der Waals surface area contributed by atoms with Gasteiger partial charge in [-0.05, 0) is 28.8 Å². The van der Waals surface area contributed by atoms with E-state index in [1.807, 2.05) is 84.9 Å². The maximum Gasteiger partial charge on any atom is 0.255 e. The molecule has 1 amide bonds. The Morgan fingerprint density at radius 2 is 1.57 bits per heavy atom. The summed E-state index contributed by atoms with van der Waals surface area (Å²) in [5.41, 5.74) is 3.65. The van der Waals surface area contributed by atoms with Crippen molar-refractivity contribution in [1.29, 1.82) is 0 Å². The van der Waals surface area contributed by atoms with Crippen molar-refractivity contribution < 1.29 is 9.53 Å². The van der Waals surface area contributed by atoms with Gasteiger partial charge >= 0.3 is 0 Å². The third-order valence-electron chi connectivity index (χ3n) is 4.94. The lowest BCUT2D eigenvalue weighted by Crippen LogP contribution is -2.29. The van der Waals surface area contributed by atoms with Crippen molar-refractivity contribution in [2.45, 2.75) is 12.6 Å². The van der Waals surface area contributed by atoms with Gasteiger partial charge in [-0.15, -0.1) is 0 Å². The van der Waals surface area contributed by atoms with Gasteiger partial charge in [-0.3, -0.25) is 9.48 Å². The van der Waals surface area contributed by atoms with Crippen molar-refractivity contribution >= 4 is 5.91 Å². The van der Waals surface area contributed by atoms with Crippen LogP contribution in [0.5, 0.6) is 5.75 Å². The van der Waals surface area contributed by atoms with E-state index in [1.54, 1.807) is 24.2 Å². The third kappa shape index (κ3) is 4.58. The third-order valence-corrected chi connectivity index (χ3v) is 4.94. The predicted octanol–water partition coefficient (Wildman–Crippen LogP) is 4.46. The fourth-order valence-corrected chi connectivity index (χ4v) is 3.35. The maximum absolute atomic E-state index is 13.0. The number of rotatable bonds is 7. The smallest absolute Gasteiger partial charge is 0.255 e. The lowest BCUT2D eigenvalue weighted by atomic mass is 9.98. The molecule has 0 saturated heterocycles. The van der Waals surface area contributed by atoms with Crippen LogP contribution in [0.15, 0.2) is 97.3 Å². The van der Waals surface area contributed by atoms with Crippen molar-refractivity contribution in [1.82, 2.24) is 15.1 Å². The quantitative estimate of drug-likeness (QED) is 0.501. The molecule has 1 heterocycles. The van der Waals surface area contributed by atoms with Crippen LogP contribution in [0.2, 0.25) is 0 Å². The van der Waals surface area contributed by atoms with Gasteiger partial charge in [0.2, 0.25) is 0 Å². The summed E-state index contributed by atoms with van der Waals surface area (Å²) in [4.78, 5) is 13.0. The zero-order valence-corrected chi connectivity index (χ0v) is 16.7. The molecule has 0 spiro atoms. The first-order valence-electron chi connectivity index (χ1n) is 9.79. The molecule has 4 rings (SSSR count). The molecule has 30 heavy (non-hydrogen) atoms. The number of carbonyl (C=O) groups excluding carboxylic acids is 1. The molecular formula is C25H23N3O2. The first-order chi connectivity index (χ1) is 14.7. The van der Waals surface area contributed by atoms with E-state index in [9.17, 15) is 4.79 Å². The van der Waals surface area contributed by atoms with Crippen LogP contribution in [-0.2, 0) is 6.54 Å². The molecule has 5 nitrogen and oxygen atoms in total. The van der Waals surface area contributed by atoms with Gasteiger partial charge in [-0.25, -0.2) is 0 Å². The van der Waals surface area contributed by atoms with Crippen LogP contribution in [0, 0.1) is 0 Å². The second-order valence-corrected chi connectivity index (χ2v) is 7.00. The van der Waals surface area contributed by atoms with Gasteiger partial charge in [-0.2, -0.15) is 5.10 Å². The summed E-state index contributed by atoms with van der Waals surface area (Å²) in [6, 6.07) is 27.4. The standard InChI is InChI=1S/C25H23N3O2/c1-30-23-14-12-21(13-15-23)24(20-10-6-3-7-11-20)27-25(29)22-16-26-28(18-22)17-19-8-4-2-5-9-19/h2-16,18,24H,17H2,1H3,(H,27,29). The van der Waals surface area contributed by atoms with Crippen LogP contribution < -0.4 is 10.1 Å². The van der Waals surface area contributed by atoms with E-state index < -0.39 is 0 Å². The minimum Gasteiger partial charge on any atom is -0.497 e. The highest BCUT2D eigenvalue weighted by atomic mass is 16.5. The molecule has 0 bridgehead atoms. The second-order valence-electron chi connectivity index (χ2n) is 7.00. The molecule has 0 aliphatic carbocycles. The van der Waals surface area contributed by atoms with E-state index >= 15 is 0 Å². The monoisotopic (exact) mass is 397 g/mol. The topological polar surface area (TPSA) is 56.1 Å². The average molecular weight is 397 g/mol. The molecule has 4 aromatic rings. The molecule has 150 valence electrons. The van der Waals surface area contributed by atoms with Crippen LogP contribution in [-0.4, -0.2) is 22.8 Å². The number of hydrogen-bond acceptors (Lipinski definition) is 3. The molecule has 0 radical (unpaired) electrons. The zero-order valence-electron chi connectivity index (χ0n) is 16.7. The normalized spacial score (nSPS) is 11.6. The van der Waals surface area contributed by atoms with Crippen molar-refractivity contribution in [2.24, 2.45) is 0 Å². The SMILES string of the molecule is COc1ccc(C(NC(=O)c2cnn(Cc3ccccc3)c2)c2ccccc2)cc1. The Hall–Kier alpha value is -3.86. The summed E-state index contributed by atoms with van der Waals surface area (Å²) in [7, 11) is 1.64. The summed E-state index contributed by atoms with van der Waals surface area (Å²) in [6.45, 7) is 0.620. The number of amides is 1. The zero-order chi connectivity index (χ0) is 20.8. The van der Waals surface area contributed by atoms with Crippen molar-refractivity contribution in [2.75, 3.05) is 7.11 Å². The molecular weight excluding hydrogens is 374 g/mol. The summed E-state index contributed by atoms with van der Waals surface area (Å²) >= 11 is 0. The Morgan fingerprint density at radius 3 is 2.23 bits per heavy atom. The summed E-state index contributed by atoms with van der Waals surface area (Å²) < 4.78 is 7.03. The lowest BCUT2D eigenvalue weighted by molar-refractivity contribution is 0.0943. The number of carbonyl (C=O) groups is 1. The molecule has 1 unspecified atom stereocenters. The van der Waals surface area contributed by atoms with Gasteiger partial charge in [0.05, 0.1) is 31.5 Å². The van der Waals surface area contributed by atoms with Crippen LogP contribution in [0.25, 0.3) is 0 Å². The van der Waals surface area contributed by atoms with Gasteiger partial charge < -0.3 is 10.1 Å². The Bertz CT molecular complexity index is 1090. The Labute approximate surface area is 175 Å². The number of aromatic nitrogens is 2. The van der Waals surface area contributed by atoms with Crippen LogP contribution in [0.4, 0.5) is 0 Å². The fourth-order valence-electron chi connectivity index (χ4n) is 3.35. The molecule has 1 atom stereocenters. The van der Waals surface area contributed by atoms with Crippen LogP contribution >= 0.6 is 0 Å². The minimum atomic E-state index is -0.276. The van der Waals surface area contributed by atoms with E-state index in [4.69, 9.17) is 4.74 Å². The second kappa shape index (κ2) is 9.09. The van der Waals surface area contributed by atoms with E-state index in [-0.39, 0.29) is 11.9 Å². The number of nitrogens with one attached hydrogen (secondary N) is 1. The van der Waals surface area contributed by atoms with Crippen molar-refractivity contribution in [3.05, 3.63) is 120 Å². The Morgan fingerprint density at radius 1 is 0.933 bits per heavy atom. The van der Waals surface area contributed by atoms with Gasteiger partial charge in [0.15, 0.2) is 0 Å². The number of ether oxygens (including phenoxy) is 1. The van der Waals surface area contributed by atoms with Crippen LogP contribution in [0.3, 0.4) is 0 Å². The highest BCUT2D eigenvalue weighted by Crippen LogP contribution is 2.24. The Balaban J connectivity index is 1.54. The summed E-state index contributed by atoms with van der Waals surface area (Å²) in [6.07, 6.45) is 3.38. The van der Waals surface area contributed by atoms with E-state index in [1.165, 1.54) is 0 Å². The highest BCUT2D eigenvalue weighted by molar-refractivity contribution is 5.94. The van der Waals surface area contributed by atoms with Gasteiger partial charge in [0.1, 0.15) is 5.75 Å². The predicted molar refractivity (Wildman–Crippen MR) is 117 cm³/mol. The molecule has 5 heteroatoms. The molecule has 0 aliphatic heterocycles. The van der Waals surface area contributed by atoms with Gasteiger partial charge in [0, 0.05) is 6.20 Å². The largest absolute Gasteiger partial charge is 0.497 e. The average Bonchev–Trinajstić information content (AvgIpc) is 3.27. The number of benzene rings is 3. The molecule has 3 aromatic carbocycles. The van der Waals surface area contributed by atoms with Crippen molar-refractivity contribution in [3.8, 4) is 5.75 Å². The highest BCUT2D eigenvalue weighted by Gasteiger charge is 2.19. The Kier molecular flexibility index (Phi) is 5.90. The van der Waals surface area contributed by atoms with Gasteiger partial charge in [-0.1, -0.05) is 72.8 Å². The summed E-state index contributed by atoms with van der Waals surface area (Å²) in [5, 5.41) is 7.49. The number of hydrogen-bond donors (Lipinski definition) is 1. The number of nitrogens with zero attached hydrogens (tertiary/aromatic N) is 2. The van der Waals surface area contributed by atoms with Crippen LogP contribution in [0.1, 0.15) is 33.1 Å².